The number of hydrogen-bond acceptors (Lipinski definition) is 6. The molecule has 3 heterocycles. The predicted octanol–water partition coefficient (Wildman–Crippen LogP) is 5.94. The molecule has 9 heteroatoms. The fraction of sp³-hybridized carbons (Fsp3) is 0.194. The number of hydrogen-bond donors (Lipinski definition) is 1. The lowest BCUT2D eigenvalue weighted by atomic mass is 9.95. The molecule has 1 atom stereocenters. The Morgan fingerprint density at radius 2 is 1.60 bits per heavy atom. The number of pyridine rings is 1. The van der Waals surface area contributed by atoms with Crippen LogP contribution in [0.15, 0.2) is 95.0 Å². The maximum absolute atomic E-state index is 13.9. The van der Waals surface area contributed by atoms with E-state index in [4.69, 9.17) is 9.76 Å². The van der Waals surface area contributed by atoms with E-state index in [-0.39, 0.29) is 4.90 Å². The predicted molar refractivity (Wildman–Crippen MR) is 159 cm³/mol. The number of fused-ring (bicyclic) bond motifs is 2. The fourth-order valence-corrected chi connectivity index (χ4v) is 7.58. The third-order valence-electron chi connectivity index (χ3n) is 7.60. The van der Waals surface area contributed by atoms with Gasteiger partial charge in [0.1, 0.15) is 0 Å². The number of likely N-dealkylation sites (N-methyl/N-ethyl adjacent to an activating group) is 1. The van der Waals surface area contributed by atoms with E-state index in [2.05, 4.69) is 30.1 Å². The third-order valence-corrected chi connectivity index (χ3v) is 10.6. The van der Waals surface area contributed by atoms with Gasteiger partial charge in [-0.25, -0.2) is 26.4 Å². The largest absolute Gasteiger partial charge is 0.302 e. The quantitative estimate of drug-likeness (QED) is 0.282. The highest BCUT2D eigenvalue weighted by atomic mass is 32.2. The minimum atomic E-state index is -3.94. The van der Waals surface area contributed by atoms with Crippen molar-refractivity contribution in [2.45, 2.75) is 29.7 Å². The molecule has 3 aromatic carbocycles. The molecule has 0 aliphatic carbocycles. The molecule has 0 fully saturated rings. The molecule has 1 unspecified atom stereocenters. The van der Waals surface area contributed by atoms with E-state index in [0.717, 1.165) is 36.2 Å². The Morgan fingerprint density at radius 3 is 2.33 bits per heavy atom. The number of rotatable bonds is 5. The molecular weight excluding hydrogens is 541 g/mol. The van der Waals surface area contributed by atoms with Crippen LogP contribution in [0.2, 0.25) is 0 Å². The zero-order valence-corrected chi connectivity index (χ0v) is 24.2. The SMILES string of the molecule is Cc1ccccc1S(=O)(=O)n1cc(-c2ccc(S(C)(=N)=O)cc2)c2cc(-c3ccc4c(c3)CN(C)CC4)cnc21. The van der Waals surface area contributed by atoms with E-state index < -0.39 is 19.8 Å². The lowest BCUT2D eigenvalue weighted by Crippen LogP contribution is -2.26. The summed E-state index contributed by atoms with van der Waals surface area (Å²) >= 11 is 0. The molecule has 0 saturated heterocycles. The first-order valence-electron chi connectivity index (χ1n) is 13.0. The summed E-state index contributed by atoms with van der Waals surface area (Å²) in [5, 5.41) is 0.695. The van der Waals surface area contributed by atoms with Gasteiger partial charge in [-0.15, -0.1) is 0 Å². The maximum atomic E-state index is 13.9. The Morgan fingerprint density at radius 1 is 0.875 bits per heavy atom. The molecule has 6 rings (SSSR count). The summed E-state index contributed by atoms with van der Waals surface area (Å²) in [6, 6.07) is 22.3. The molecule has 40 heavy (non-hydrogen) atoms. The molecule has 1 N–H and O–H groups in total. The summed E-state index contributed by atoms with van der Waals surface area (Å²) in [6.45, 7) is 3.70. The number of aromatic nitrogens is 2. The van der Waals surface area contributed by atoms with Gasteiger partial charge in [0, 0.05) is 53.1 Å². The summed E-state index contributed by atoms with van der Waals surface area (Å²) in [5.74, 6) is 0. The summed E-state index contributed by atoms with van der Waals surface area (Å²) < 4.78 is 49.2. The first kappa shape index (κ1) is 26.4. The zero-order valence-electron chi connectivity index (χ0n) is 22.6. The molecule has 2 aromatic heterocycles. The Hall–Kier alpha value is -3.79. The highest BCUT2D eigenvalue weighted by Gasteiger charge is 2.25. The Balaban J connectivity index is 1.56. The molecule has 0 radical (unpaired) electrons. The zero-order chi connectivity index (χ0) is 28.2. The molecule has 1 aliphatic heterocycles. The van der Waals surface area contributed by atoms with E-state index in [1.54, 1.807) is 61.8 Å². The van der Waals surface area contributed by atoms with E-state index in [0.29, 0.717) is 27.1 Å². The van der Waals surface area contributed by atoms with Gasteiger partial charge < -0.3 is 4.90 Å². The highest BCUT2D eigenvalue weighted by Crippen LogP contribution is 2.36. The minimum Gasteiger partial charge on any atom is -0.302 e. The molecule has 0 amide bonds. The summed E-state index contributed by atoms with van der Waals surface area (Å²) in [5.41, 5.74) is 7.01. The van der Waals surface area contributed by atoms with Gasteiger partial charge in [-0.2, -0.15) is 0 Å². The molecule has 5 aromatic rings. The number of nitrogens with zero attached hydrogens (tertiary/aromatic N) is 3. The Labute approximate surface area is 235 Å². The average Bonchev–Trinajstić information content (AvgIpc) is 3.32. The molecule has 1 aliphatic rings. The van der Waals surface area contributed by atoms with Crippen LogP contribution >= 0.6 is 0 Å². The molecule has 0 bridgehead atoms. The fourth-order valence-electron chi connectivity index (χ4n) is 5.37. The van der Waals surface area contributed by atoms with Gasteiger partial charge in [0.05, 0.1) is 14.6 Å². The lowest BCUT2D eigenvalue weighted by Gasteiger charge is -2.25. The number of nitrogens with one attached hydrogen (secondary N) is 1. The van der Waals surface area contributed by atoms with Crippen molar-refractivity contribution in [2.75, 3.05) is 19.8 Å². The second-order valence-corrected chi connectivity index (χ2v) is 14.5. The van der Waals surface area contributed by atoms with Gasteiger partial charge in [-0.05, 0) is 78.5 Å². The van der Waals surface area contributed by atoms with Crippen LogP contribution in [0.25, 0.3) is 33.3 Å². The van der Waals surface area contributed by atoms with Gasteiger partial charge in [-0.3, -0.25) is 0 Å². The van der Waals surface area contributed by atoms with Crippen LogP contribution < -0.4 is 0 Å². The monoisotopic (exact) mass is 570 g/mol. The van der Waals surface area contributed by atoms with Gasteiger partial charge in [-0.1, -0.05) is 42.5 Å². The van der Waals surface area contributed by atoms with E-state index >= 15 is 0 Å². The molecular formula is C31H30N4O3S2. The van der Waals surface area contributed by atoms with Crippen LogP contribution in [-0.4, -0.2) is 46.3 Å². The van der Waals surface area contributed by atoms with E-state index in [9.17, 15) is 12.6 Å². The molecule has 0 saturated carbocycles. The van der Waals surface area contributed by atoms with Crippen molar-refractivity contribution in [3.63, 3.8) is 0 Å². The third kappa shape index (κ3) is 4.64. The number of aryl methyl sites for hydroxylation is 1. The second-order valence-electron chi connectivity index (χ2n) is 10.5. The summed E-state index contributed by atoms with van der Waals surface area (Å²) in [7, 11) is -4.69. The smallest absolute Gasteiger partial charge is 0.269 e. The Bertz CT molecular complexity index is 1990. The normalized spacial score (nSPS) is 15.6. The van der Waals surface area contributed by atoms with Crippen molar-refractivity contribution in [1.29, 1.82) is 4.78 Å². The Kier molecular flexibility index (Phi) is 6.40. The van der Waals surface area contributed by atoms with Crippen molar-refractivity contribution >= 4 is 30.8 Å². The maximum Gasteiger partial charge on any atom is 0.269 e. The van der Waals surface area contributed by atoms with Crippen molar-refractivity contribution in [3.8, 4) is 22.3 Å². The topological polar surface area (TPSA) is 96.1 Å². The molecule has 0 spiro atoms. The molecule has 7 nitrogen and oxygen atoms in total. The second kappa shape index (κ2) is 9.69. The van der Waals surface area contributed by atoms with E-state index in [1.807, 2.05) is 12.1 Å². The van der Waals surface area contributed by atoms with Crippen LogP contribution in [0.4, 0.5) is 0 Å². The summed E-state index contributed by atoms with van der Waals surface area (Å²) in [4.78, 5) is 7.65. The highest BCUT2D eigenvalue weighted by molar-refractivity contribution is 7.91. The van der Waals surface area contributed by atoms with Crippen LogP contribution in [0.5, 0.6) is 0 Å². The van der Waals surface area contributed by atoms with Gasteiger partial charge in [0.25, 0.3) is 10.0 Å². The van der Waals surface area contributed by atoms with Gasteiger partial charge in [0.15, 0.2) is 5.65 Å². The standard InChI is InChI=1S/C31H30N4O3S2/c1-21-6-4-5-7-30(21)40(37,38)35-20-29(23-10-12-27(13-11-23)39(3,32)36)28-17-25(18-33-31(28)35)24-9-8-22-14-15-34(2)19-26(22)16-24/h4-13,16-18,20,32H,14-15,19H2,1-3H3. The molecule has 204 valence electrons. The summed E-state index contributed by atoms with van der Waals surface area (Å²) in [6.07, 6.45) is 5.75. The lowest BCUT2D eigenvalue weighted by molar-refractivity contribution is 0.313. The van der Waals surface area contributed by atoms with Crippen molar-refractivity contribution in [1.82, 2.24) is 13.9 Å². The van der Waals surface area contributed by atoms with Crippen LogP contribution in [0.1, 0.15) is 16.7 Å². The van der Waals surface area contributed by atoms with Crippen molar-refractivity contribution in [2.24, 2.45) is 0 Å². The first-order valence-corrected chi connectivity index (χ1v) is 16.4. The van der Waals surface area contributed by atoms with E-state index in [1.165, 1.54) is 21.4 Å². The van der Waals surface area contributed by atoms with Gasteiger partial charge >= 0.3 is 0 Å². The minimum absolute atomic E-state index is 0.221. The number of benzene rings is 3. The van der Waals surface area contributed by atoms with Crippen molar-refractivity contribution < 1.29 is 12.6 Å². The van der Waals surface area contributed by atoms with Crippen molar-refractivity contribution in [3.05, 3.63) is 102 Å². The first-order chi connectivity index (χ1) is 19.0. The average molecular weight is 571 g/mol. The van der Waals surface area contributed by atoms with Crippen LogP contribution in [-0.2, 0) is 32.7 Å². The van der Waals surface area contributed by atoms with Gasteiger partial charge in [0.2, 0.25) is 0 Å². The van der Waals surface area contributed by atoms with Crippen LogP contribution in [0.3, 0.4) is 0 Å². The van der Waals surface area contributed by atoms with Crippen LogP contribution in [0, 0.1) is 11.7 Å².